The quantitative estimate of drug-likeness (QED) is 0.601. The van der Waals surface area contributed by atoms with Crippen molar-refractivity contribution < 1.29 is 13.2 Å². The summed E-state index contributed by atoms with van der Waals surface area (Å²) in [6.45, 7) is 4.14. The molecule has 28 heavy (non-hydrogen) atoms. The largest absolute Gasteiger partial charge is 0.495 e. The van der Waals surface area contributed by atoms with Crippen LogP contribution >= 0.6 is 0 Å². The summed E-state index contributed by atoms with van der Waals surface area (Å²) in [5, 5.41) is 0. The van der Waals surface area contributed by atoms with Gasteiger partial charge in [0.15, 0.2) is 0 Å². The number of pyridine rings is 1. The first-order valence-corrected chi connectivity index (χ1v) is 10.5. The SMILES string of the molecule is CCN([C@@H](c1ccc(C)cc1)c1cccnc1)S(=O)(=O)c1ccccc1OC. The Balaban J connectivity index is 2.18. The molecular weight excluding hydrogens is 372 g/mol. The van der Waals surface area contributed by atoms with Crippen molar-refractivity contribution in [3.05, 3.63) is 89.7 Å². The van der Waals surface area contributed by atoms with Gasteiger partial charge in [0.05, 0.1) is 13.2 Å². The van der Waals surface area contributed by atoms with Crippen LogP contribution < -0.4 is 4.74 Å². The van der Waals surface area contributed by atoms with Crippen molar-refractivity contribution in [3.8, 4) is 5.75 Å². The molecule has 0 saturated carbocycles. The molecule has 0 spiro atoms. The highest BCUT2D eigenvalue weighted by Crippen LogP contribution is 2.35. The normalized spacial score (nSPS) is 12.7. The summed E-state index contributed by atoms with van der Waals surface area (Å²) in [4.78, 5) is 4.36. The van der Waals surface area contributed by atoms with Gasteiger partial charge in [-0.2, -0.15) is 4.31 Å². The molecule has 3 rings (SSSR count). The Hall–Kier alpha value is -2.70. The van der Waals surface area contributed by atoms with Crippen LogP contribution in [0.5, 0.6) is 5.75 Å². The molecule has 0 amide bonds. The zero-order valence-corrected chi connectivity index (χ0v) is 17.1. The van der Waals surface area contributed by atoms with Gasteiger partial charge in [-0.3, -0.25) is 4.98 Å². The summed E-state index contributed by atoms with van der Waals surface area (Å²) in [5.74, 6) is 0.329. The van der Waals surface area contributed by atoms with Crippen LogP contribution in [0.1, 0.15) is 29.7 Å². The maximum Gasteiger partial charge on any atom is 0.247 e. The first-order valence-electron chi connectivity index (χ1n) is 9.10. The molecule has 0 fully saturated rings. The average molecular weight is 397 g/mol. The molecule has 0 aliphatic rings. The Labute approximate surface area is 166 Å². The van der Waals surface area contributed by atoms with Crippen LogP contribution in [0.3, 0.4) is 0 Å². The molecule has 6 heteroatoms. The van der Waals surface area contributed by atoms with Crippen molar-refractivity contribution in [1.29, 1.82) is 0 Å². The minimum Gasteiger partial charge on any atom is -0.495 e. The van der Waals surface area contributed by atoms with E-state index in [1.54, 1.807) is 36.7 Å². The third-order valence-corrected chi connectivity index (χ3v) is 6.63. The topological polar surface area (TPSA) is 59.5 Å². The molecule has 146 valence electrons. The Morgan fingerprint density at radius 1 is 1.00 bits per heavy atom. The number of ether oxygens (including phenoxy) is 1. The van der Waals surface area contributed by atoms with Gasteiger partial charge in [0, 0.05) is 18.9 Å². The minimum atomic E-state index is -3.82. The van der Waals surface area contributed by atoms with Crippen LogP contribution in [-0.2, 0) is 10.0 Å². The summed E-state index contributed by atoms with van der Waals surface area (Å²) in [5.41, 5.74) is 2.81. The zero-order chi connectivity index (χ0) is 20.1. The van der Waals surface area contributed by atoms with Crippen molar-refractivity contribution in [3.63, 3.8) is 0 Å². The first kappa shape index (κ1) is 20.0. The Kier molecular flexibility index (Phi) is 6.11. The zero-order valence-electron chi connectivity index (χ0n) is 16.2. The molecule has 3 aromatic rings. The molecule has 1 atom stereocenters. The smallest absolute Gasteiger partial charge is 0.247 e. The minimum absolute atomic E-state index is 0.153. The molecule has 0 aliphatic carbocycles. The number of benzene rings is 2. The van der Waals surface area contributed by atoms with Gasteiger partial charge in [0.25, 0.3) is 0 Å². The van der Waals surface area contributed by atoms with Crippen molar-refractivity contribution in [2.45, 2.75) is 24.8 Å². The fourth-order valence-corrected chi connectivity index (χ4v) is 5.03. The van der Waals surface area contributed by atoms with E-state index in [1.165, 1.54) is 11.4 Å². The molecule has 0 radical (unpaired) electrons. The van der Waals surface area contributed by atoms with E-state index in [9.17, 15) is 8.42 Å². The summed E-state index contributed by atoms with van der Waals surface area (Å²) in [6.07, 6.45) is 3.39. The number of nitrogens with zero attached hydrogens (tertiary/aromatic N) is 2. The number of aromatic nitrogens is 1. The number of para-hydroxylation sites is 1. The highest BCUT2D eigenvalue weighted by molar-refractivity contribution is 7.89. The van der Waals surface area contributed by atoms with Crippen LogP contribution in [0.15, 0.2) is 78.0 Å². The molecule has 2 aromatic carbocycles. The van der Waals surface area contributed by atoms with Crippen LogP contribution in [-0.4, -0.2) is 31.4 Å². The van der Waals surface area contributed by atoms with E-state index in [-0.39, 0.29) is 4.90 Å². The predicted octanol–water partition coefficient (Wildman–Crippen LogP) is 4.20. The molecule has 0 N–H and O–H groups in total. The van der Waals surface area contributed by atoms with Gasteiger partial charge in [0.1, 0.15) is 10.6 Å². The van der Waals surface area contributed by atoms with Gasteiger partial charge in [-0.15, -0.1) is 0 Å². The van der Waals surface area contributed by atoms with Gasteiger partial charge in [0.2, 0.25) is 10.0 Å². The van der Waals surface area contributed by atoms with Crippen molar-refractivity contribution >= 4 is 10.0 Å². The van der Waals surface area contributed by atoms with E-state index in [0.717, 1.165) is 16.7 Å². The molecule has 0 aliphatic heterocycles. The Morgan fingerprint density at radius 3 is 2.32 bits per heavy atom. The molecule has 0 saturated heterocycles. The first-order chi connectivity index (χ1) is 13.5. The number of hydrogen-bond acceptors (Lipinski definition) is 4. The van der Waals surface area contributed by atoms with Gasteiger partial charge in [-0.05, 0) is 36.2 Å². The second-order valence-electron chi connectivity index (χ2n) is 6.46. The van der Waals surface area contributed by atoms with Crippen molar-refractivity contribution in [2.75, 3.05) is 13.7 Å². The average Bonchev–Trinajstić information content (AvgIpc) is 2.73. The second kappa shape index (κ2) is 8.54. The number of sulfonamides is 1. The van der Waals surface area contributed by atoms with E-state index in [4.69, 9.17) is 4.74 Å². The molecule has 0 bridgehead atoms. The number of aryl methyl sites for hydroxylation is 1. The third kappa shape index (κ3) is 3.93. The predicted molar refractivity (Wildman–Crippen MR) is 110 cm³/mol. The van der Waals surface area contributed by atoms with Gasteiger partial charge in [-0.25, -0.2) is 8.42 Å². The van der Waals surface area contributed by atoms with Crippen LogP contribution in [0.4, 0.5) is 0 Å². The standard InChI is InChI=1S/C22H24N2O3S/c1-4-24(28(25,26)21-10-6-5-9-20(21)27-3)22(19-8-7-15-23-16-19)18-13-11-17(2)12-14-18/h5-16,22H,4H2,1-3H3/t22-/m0/s1. The number of methoxy groups -OCH3 is 1. The van der Waals surface area contributed by atoms with E-state index in [0.29, 0.717) is 12.3 Å². The molecule has 1 aromatic heterocycles. The van der Waals surface area contributed by atoms with Crippen LogP contribution in [0.25, 0.3) is 0 Å². The van der Waals surface area contributed by atoms with Gasteiger partial charge < -0.3 is 4.74 Å². The summed E-state index contributed by atoms with van der Waals surface area (Å²) in [7, 11) is -2.34. The lowest BCUT2D eigenvalue weighted by atomic mass is 9.99. The molecular formula is C22H24N2O3S. The third-order valence-electron chi connectivity index (χ3n) is 4.65. The Bertz CT molecular complexity index is 1020. The van der Waals surface area contributed by atoms with E-state index < -0.39 is 16.1 Å². The molecule has 5 nitrogen and oxygen atoms in total. The Morgan fingerprint density at radius 2 is 1.71 bits per heavy atom. The fourth-order valence-electron chi connectivity index (χ4n) is 3.26. The number of hydrogen-bond donors (Lipinski definition) is 0. The molecule has 1 heterocycles. The molecule has 0 unspecified atom stereocenters. The second-order valence-corrected chi connectivity index (χ2v) is 8.32. The van der Waals surface area contributed by atoms with E-state index in [2.05, 4.69) is 4.98 Å². The maximum absolute atomic E-state index is 13.6. The lowest BCUT2D eigenvalue weighted by molar-refractivity contribution is 0.366. The highest BCUT2D eigenvalue weighted by atomic mass is 32.2. The lowest BCUT2D eigenvalue weighted by Gasteiger charge is -2.31. The summed E-state index contributed by atoms with van der Waals surface area (Å²) in [6, 6.07) is 17.8. The van der Waals surface area contributed by atoms with E-state index >= 15 is 0 Å². The summed E-state index contributed by atoms with van der Waals surface area (Å²) < 4.78 is 34.1. The monoisotopic (exact) mass is 396 g/mol. The highest BCUT2D eigenvalue weighted by Gasteiger charge is 2.34. The lowest BCUT2D eigenvalue weighted by Crippen LogP contribution is -2.35. The van der Waals surface area contributed by atoms with Gasteiger partial charge in [-0.1, -0.05) is 55.0 Å². The number of rotatable bonds is 7. The summed E-state index contributed by atoms with van der Waals surface area (Å²) >= 11 is 0. The van der Waals surface area contributed by atoms with Crippen LogP contribution in [0.2, 0.25) is 0 Å². The fraction of sp³-hybridized carbons (Fsp3) is 0.227. The van der Waals surface area contributed by atoms with Crippen molar-refractivity contribution in [2.24, 2.45) is 0 Å². The van der Waals surface area contributed by atoms with E-state index in [1.807, 2.05) is 50.2 Å². The van der Waals surface area contributed by atoms with Gasteiger partial charge >= 0.3 is 0 Å². The van der Waals surface area contributed by atoms with Crippen molar-refractivity contribution in [1.82, 2.24) is 9.29 Å². The maximum atomic E-state index is 13.6. The van der Waals surface area contributed by atoms with Crippen LogP contribution in [0, 0.1) is 6.92 Å².